The molecule has 3 aliphatic carbocycles. The van der Waals surface area contributed by atoms with Crippen molar-refractivity contribution in [3.8, 4) is 5.75 Å². The van der Waals surface area contributed by atoms with E-state index >= 15 is 0 Å². The van der Waals surface area contributed by atoms with E-state index < -0.39 is 54.6 Å². The highest BCUT2D eigenvalue weighted by Crippen LogP contribution is 2.59. The van der Waals surface area contributed by atoms with Crippen LogP contribution in [0, 0.1) is 17.3 Å². The van der Waals surface area contributed by atoms with Crippen LogP contribution in [0.15, 0.2) is 18.2 Å². The average molecular weight is 601 g/mol. The van der Waals surface area contributed by atoms with E-state index in [-0.39, 0.29) is 12.0 Å². The van der Waals surface area contributed by atoms with E-state index in [2.05, 4.69) is 13.0 Å². The van der Waals surface area contributed by atoms with Gasteiger partial charge < -0.3 is 28.4 Å². The van der Waals surface area contributed by atoms with Crippen molar-refractivity contribution < 1.29 is 52.4 Å². The summed E-state index contributed by atoms with van der Waals surface area (Å²) in [5, 5.41) is 0. The van der Waals surface area contributed by atoms with E-state index in [9.17, 15) is 24.0 Å². The molecule has 0 amide bonds. The van der Waals surface area contributed by atoms with Crippen molar-refractivity contribution >= 4 is 29.7 Å². The van der Waals surface area contributed by atoms with Crippen LogP contribution in [0.1, 0.15) is 83.8 Å². The Morgan fingerprint density at radius 3 is 2.21 bits per heavy atom. The molecule has 0 spiro atoms. The van der Waals surface area contributed by atoms with Crippen molar-refractivity contribution in [2.24, 2.45) is 17.3 Å². The Balaban J connectivity index is 1.42. The van der Waals surface area contributed by atoms with Crippen LogP contribution in [0.3, 0.4) is 0 Å². The zero-order valence-electron chi connectivity index (χ0n) is 25.3. The summed E-state index contributed by atoms with van der Waals surface area (Å²) < 4.78 is 34.0. The maximum atomic E-state index is 12.7. The minimum Gasteiger partial charge on any atom is -0.463 e. The SMILES string of the molecule is CC(=O)OC[C@H]1O[C@@H](Oc2ccc3c(c2)CC[C@@H]2[C@@H]3CC[C@]3(C)C(=O)CC[C@@H]23)[C@H](OC(C)=O)[C@@H](OC(C)=O)[C@@H]1OC(C)=O. The van der Waals surface area contributed by atoms with Gasteiger partial charge in [0.2, 0.25) is 12.4 Å². The van der Waals surface area contributed by atoms with E-state index in [1.165, 1.54) is 33.3 Å². The molecule has 9 atom stereocenters. The minimum absolute atomic E-state index is 0.198. The van der Waals surface area contributed by atoms with Gasteiger partial charge in [0.1, 0.15) is 24.2 Å². The Kier molecular flexibility index (Phi) is 8.83. The molecule has 0 radical (unpaired) electrons. The van der Waals surface area contributed by atoms with Gasteiger partial charge in [-0.1, -0.05) is 13.0 Å². The van der Waals surface area contributed by atoms with Gasteiger partial charge in [0.15, 0.2) is 12.2 Å². The Hall–Kier alpha value is -3.47. The molecule has 1 aromatic rings. The molecule has 1 heterocycles. The summed E-state index contributed by atoms with van der Waals surface area (Å²) in [6, 6.07) is 5.85. The molecule has 11 nitrogen and oxygen atoms in total. The lowest BCUT2D eigenvalue weighted by Gasteiger charge is -2.48. The molecule has 0 bridgehead atoms. The molecular weight excluding hydrogens is 560 g/mol. The van der Waals surface area contributed by atoms with Crippen molar-refractivity contribution in [3.63, 3.8) is 0 Å². The predicted molar refractivity (Wildman–Crippen MR) is 149 cm³/mol. The molecule has 1 aliphatic heterocycles. The van der Waals surface area contributed by atoms with Crippen molar-refractivity contribution in [2.45, 2.75) is 110 Å². The van der Waals surface area contributed by atoms with Gasteiger partial charge in [0.25, 0.3) is 0 Å². The van der Waals surface area contributed by atoms with Crippen molar-refractivity contribution in [1.29, 1.82) is 0 Å². The van der Waals surface area contributed by atoms with Gasteiger partial charge in [0.05, 0.1) is 0 Å². The zero-order valence-corrected chi connectivity index (χ0v) is 25.3. The number of benzene rings is 1. The molecular formula is C32H40O11. The number of carbonyl (C=O) groups excluding carboxylic acids is 5. The van der Waals surface area contributed by atoms with Gasteiger partial charge in [-0.3, -0.25) is 24.0 Å². The van der Waals surface area contributed by atoms with Gasteiger partial charge in [-0.25, -0.2) is 0 Å². The number of carbonyl (C=O) groups is 5. The molecule has 0 unspecified atom stereocenters. The molecule has 0 aromatic heterocycles. The second-order valence-electron chi connectivity index (χ2n) is 12.4. The molecule has 2 saturated carbocycles. The van der Waals surface area contributed by atoms with Crippen molar-refractivity contribution in [1.82, 2.24) is 0 Å². The maximum Gasteiger partial charge on any atom is 0.303 e. The van der Waals surface area contributed by atoms with E-state index in [1.807, 2.05) is 12.1 Å². The summed E-state index contributed by atoms with van der Waals surface area (Å²) in [5.74, 6) is -0.542. The molecule has 43 heavy (non-hydrogen) atoms. The number of hydrogen-bond donors (Lipinski definition) is 0. The number of Topliss-reactive ketones (excluding diaryl/α,β-unsaturated/α-hetero) is 1. The number of esters is 4. The van der Waals surface area contributed by atoms with Gasteiger partial charge in [-0.05, 0) is 73.1 Å². The van der Waals surface area contributed by atoms with Crippen LogP contribution in [0.2, 0.25) is 0 Å². The monoisotopic (exact) mass is 600 g/mol. The van der Waals surface area contributed by atoms with E-state index in [4.69, 9.17) is 28.4 Å². The Labute approximate surface area is 250 Å². The van der Waals surface area contributed by atoms with Crippen molar-refractivity contribution in [3.05, 3.63) is 29.3 Å². The third-order valence-electron chi connectivity index (χ3n) is 9.61. The summed E-state index contributed by atoms with van der Waals surface area (Å²) in [4.78, 5) is 60.5. The summed E-state index contributed by atoms with van der Waals surface area (Å²) in [7, 11) is 0. The molecule has 1 aromatic carbocycles. The normalized spacial score (nSPS) is 34.6. The van der Waals surface area contributed by atoms with Gasteiger partial charge in [-0.15, -0.1) is 0 Å². The Morgan fingerprint density at radius 1 is 0.860 bits per heavy atom. The highest BCUT2D eigenvalue weighted by Gasteiger charge is 2.55. The molecule has 5 rings (SSSR count). The molecule has 0 N–H and O–H groups in total. The Morgan fingerprint density at radius 2 is 1.53 bits per heavy atom. The summed E-state index contributed by atoms with van der Waals surface area (Å²) in [6.07, 6.45) is -0.852. The molecule has 3 fully saturated rings. The largest absolute Gasteiger partial charge is 0.463 e. The fourth-order valence-corrected chi connectivity index (χ4v) is 7.82. The Bertz CT molecular complexity index is 1290. The first-order valence-corrected chi connectivity index (χ1v) is 15.0. The lowest BCUT2D eigenvalue weighted by molar-refractivity contribution is -0.288. The summed E-state index contributed by atoms with van der Waals surface area (Å²) in [6.45, 7) is 6.59. The van der Waals surface area contributed by atoms with Crippen LogP contribution in [-0.4, -0.2) is 67.0 Å². The number of hydrogen-bond acceptors (Lipinski definition) is 11. The van der Waals surface area contributed by atoms with E-state index in [1.54, 1.807) is 0 Å². The van der Waals surface area contributed by atoms with Crippen LogP contribution < -0.4 is 4.74 Å². The van der Waals surface area contributed by atoms with Gasteiger partial charge in [-0.2, -0.15) is 0 Å². The van der Waals surface area contributed by atoms with Crippen LogP contribution in [0.25, 0.3) is 0 Å². The third kappa shape index (κ3) is 6.27. The zero-order chi connectivity index (χ0) is 31.1. The topological polar surface area (TPSA) is 141 Å². The fraction of sp³-hybridized carbons (Fsp3) is 0.656. The fourth-order valence-electron chi connectivity index (χ4n) is 7.82. The molecule has 11 heteroatoms. The van der Waals surface area contributed by atoms with Gasteiger partial charge >= 0.3 is 23.9 Å². The van der Waals surface area contributed by atoms with E-state index in [0.717, 1.165) is 37.7 Å². The standard InChI is InChI=1S/C32H40O11/c1-16(33)38-15-26-28(39-17(2)34)29(40-18(3)35)30(41-19(4)36)31(43-26)42-21-7-9-22-20(14-21)6-8-24-23(22)12-13-32(5)25(24)10-11-27(32)37/h7,9,14,23-26,28-31H,6,8,10-13,15H2,1-5H3/t23-,24-,25+,26-,28-,29+,30-,31-,32+/m1/s1. The highest BCUT2D eigenvalue weighted by molar-refractivity contribution is 5.87. The van der Waals surface area contributed by atoms with Crippen molar-refractivity contribution in [2.75, 3.05) is 6.61 Å². The van der Waals surface area contributed by atoms with Crippen LogP contribution in [0.4, 0.5) is 0 Å². The molecule has 1 saturated heterocycles. The van der Waals surface area contributed by atoms with Crippen LogP contribution in [0.5, 0.6) is 5.75 Å². The minimum atomic E-state index is -1.30. The first-order chi connectivity index (χ1) is 20.4. The number of ketones is 1. The maximum absolute atomic E-state index is 12.7. The lowest BCUT2D eigenvalue weighted by atomic mass is 9.55. The van der Waals surface area contributed by atoms with E-state index in [0.29, 0.717) is 35.7 Å². The number of rotatable bonds is 7. The summed E-state index contributed by atoms with van der Waals surface area (Å²) >= 11 is 0. The van der Waals surface area contributed by atoms with Crippen LogP contribution in [-0.2, 0) is 54.1 Å². The quantitative estimate of drug-likeness (QED) is 0.335. The number of aryl methyl sites for hydroxylation is 1. The highest BCUT2D eigenvalue weighted by atomic mass is 16.7. The second-order valence-corrected chi connectivity index (χ2v) is 12.4. The number of fused-ring (bicyclic) bond motifs is 5. The number of ether oxygens (including phenoxy) is 6. The first kappa shape index (κ1) is 31.0. The third-order valence-corrected chi connectivity index (χ3v) is 9.61. The van der Waals surface area contributed by atoms with Crippen LogP contribution >= 0.6 is 0 Å². The first-order valence-electron chi connectivity index (χ1n) is 15.0. The molecule has 234 valence electrons. The summed E-state index contributed by atoms with van der Waals surface area (Å²) in [5.41, 5.74) is 2.22. The van der Waals surface area contributed by atoms with Gasteiger partial charge in [0, 0.05) is 39.5 Å². The predicted octanol–water partition coefficient (Wildman–Crippen LogP) is 3.57. The average Bonchev–Trinajstić information content (AvgIpc) is 3.24. The lowest BCUT2D eigenvalue weighted by Crippen LogP contribution is -2.63. The second kappa shape index (κ2) is 12.3. The molecule has 4 aliphatic rings. The smallest absolute Gasteiger partial charge is 0.303 e.